The molecule has 3 rings (SSSR count). The lowest BCUT2D eigenvalue weighted by Gasteiger charge is -2.31. The van der Waals surface area contributed by atoms with Crippen molar-refractivity contribution in [1.82, 2.24) is 20.4 Å². The highest BCUT2D eigenvalue weighted by Gasteiger charge is 2.27. The molecule has 1 aromatic heterocycles. The minimum absolute atomic E-state index is 0. The van der Waals surface area contributed by atoms with Crippen LogP contribution in [0.15, 0.2) is 34.8 Å². The van der Waals surface area contributed by atoms with Crippen LogP contribution in [0.1, 0.15) is 29.8 Å². The van der Waals surface area contributed by atoms with Crippen LogP contribution in [-0.4, -0.2) is 47.7 Å². The summed E-state index contributed by atoms with van der Waals surface area (Å²) in [5.74, 6) is 0.746. The zero-order valence-corrected chi connectivity index (χ0v) is 16.7. The van der Waals surface area contributed by atoms with Gasteiger partial charge in [-0.1, -0.05) is 30.3 Å². The van der Waals surface area contributed by atoms with E-state index in [1.54, 1.807) is 0 Å². The number of H-pyrrole nitrogens is 1. The number of rotatable bonds is 5. The van der Waals surface area contributed by atoms with Crippen molar-refractivity contribution >= 4 is 34.2 Å². The fraction of sp³-hybridized carbons (Fsp3) is 0.444. The van der Waals surface area contributed by atoms with E-state index in [-0.39, 0.29) is 18.3 Å². The highest BCUT2D eigenvalue weighted by Crippen LogP contribution is 2.30. The van der Waals surface area contributed by atoms with Gasteiger partial charge < -0.3 is 10.2 Å². The zero-order valence-electron chi connectivity index (χ0n) is 14.3. The summed E-state index contributed by atoms with van der Waals surface area (Å²) >= 11 is 3.55. The number of halogens is 2. The van der Waals surface area contributed by atoms with Gasteiger partial charge in [0.1, 0.15) is 11.4 Å². The molecule has 1 saturated heterocycles. The van der Waals surface area contributed by atoms with Crippen molar-refractivity contribution in [3.05, 3.63) is 40.5 Å². The summed E-state index contributed by atoms with van der Waals surface area (Å²) in [5.41, 5.74) is 2.32. The second kappa shape index (κ2) is 9.36. The number of amides is 1. The van der Waals surface area contributed by atoms with Crippen LogP contribution in [0.2, 0.25) is 0 Å². The third-order valence-electron chi connectivity index (χ3n) is 4.67. The molecule has 0 radical (unpaired) electrons. The summed E-state index contributed by atoms with van der Waals surface area (Å²) < 4.78 is 0.746. The van der Waals surface area contributed by atoms with Gasteiger partial charge >= 0.3 is 0 Å². The van der Waals surface area contributed by atoms with E-state index >= 15 is 0 Å². The van der Waals surface area contributed by atoms with E-state index in [0.717, 1.165) is 48.2 Å². The number of carbonyl (C=O) groups is 1. The molecule has 5 nitrogen and oxygen atoms in total. The lowest BCUT2D eigenvalue weighted by molar-refractivity contribution is 0.0680. The number of nitrogens with zero attached hydrogens (tertiary/aromatic N) is 2. The van der Waals surface area contributed by atoms with Crippen LogP contribution in [0.5, 0.6) is 0 Å². The van der Waals surface area contributed by atoms with Crippen LogP contribution in [0.25, 0.3) is 11.3 Å². The number of aromatic amines is 1. The largest absolute Gasteiger partial charge is 0.337 e. The van der Waals surface area contributed by atoms with E-state index in [1.807, 2.05) is 42.3 Å². The minimum atomic E-state index is 0. The Morgan fingerprint density at radius 1 is 1.32 bits per heavy atom. The Labute approximate surface area is 163 Å². The average molecular weight is 428 g/mol. The number of nitrogens with one attached hydrogen (secondary N) is 2. The van der Waals surface area contributed by atoms with E-state index in [2.05, 4.69) is 31.4 Å². The van der Waals surface area contributed by atoms with Gasteiger partial charge in [0.25, 0.3) is 5.91 Å². The molecule has 2 aromatic rings. The molecule has 7 heteroatoms. The standard InChI is InChI=1S/C18H23BrN4O.ClH/c1-20-10-7-13-8-11-23(12-9-13)18(24)17-15(19)16(21-22-17)14-5-3-2-4-6-14;/h2-6,13,20H,7-12H2,1H3,(H,21,22);1H. The van der Waals surface area contributed by atoms with E-state index in [1.165, 1.54) is 6.42 Å². The molecule has 0 spiro atoms. The third-order valence-corrected chi connectivity index (χ3v) is 5.44. The van der Waals surface area contributed by atoms with Gasteiger partial charge in [0.2, 0.25) is 0 Å². The Morgan fingerprint density at radius 2 is 2.00 bits per heavy atom. The fourth-order valence-electron chi connectivity index (χ4n) is 3.19. The molecular formula is C18H24BrClN4O. The van der Waals surface area contributed by atoms with Crippen LogP contribution < -0.4 is 5.32 Å². The van der Waals surface area contributed by atoms with Crippen LogP contribution >= 0.6 is 28.3 Å². The first-order valence-corrected chi connectivity index (χ1v) is 9.23. The van der Waals surface area contributed by atoms with Crippen LogP contribution in [0.4, 0.5) is 0 Å². The lowest BCUT2D eigenvalue weighted by Crippen LogP contribution is -2.39. The highest BCUT2D eigenvalue weighted by atomic mass is 79.9. The third kappa shape index (κ3) is 4.63. The van der Waals surface area contributed by atoms with Gasteiger partial charge in [0, 0.05) is 18.7 Å². The molecule has 0 atom stereocenters. The molecule has 1 aliphatic heterocycles. The summed E-state index contributed by atoms with van der Waals surface area (Å²) in [6.45, 7) is 2.68. The first-order chi connectivity index (χ1) is 11.7. The summed E-state index contributed by atoms with van der Waals surface area (Å²) in [6.07, 6.45) is 3.33. The molecule has 136 valence electrons. The summed E-state index contributed by atoms with van der Waals surface area (Å²) in [6, 6.07) is 9.88. The maximum Gasteiger partial charge on any atom is 0.273 e. The van der Waals surface area contributed by atoms with Crippen molar-refractivity contribution in [3.8, 4) is 11.3 Å². The number of hydrogen-bond donors (Lipinski definition) is 2. The molecule has 1 aromatic carbocycles. The Hall–Kier alpha value is -1.37. The second-order valence-electron chi connectivity index (χ2n) is 6.26. The fourth-order valence-corrected chi connectivity index (χ4v) is 3.76. The summed E-state index contributed by atoms with van der Waals surface area (Å²) in [7, 11) is 1.98. The van der Waals surface area contributed by atoms with E-state index < -0.39 is 0 Å². The van der Waals surface area contributed by atoms with Crippen molar-refractivity contribution < 1.29 is 4.79 Å². The summed E-state index contributed by atoms with van der Waals surface area (Å²) in [4.78, 5) is 14.7. The molecule has 2 heterocycles. The number of benzene rings is 1. The van der Waals surface area contributed by atoms with Crippen molar-refractivity contribution in [2.75, 3.05) is 26.7 Å². The molecule has 0 aliphatic carbocycles. The van der Waals surface area contributed by atoms with Crippen molar-refractivity contribution in [2.24, 2.45) is 5.92 Å². The topological polar surface area (TPSA) is 61.0 Å². The first-order valence-electron chi connectivity index (χ1n) is 8.44. The smallest absolute Gasteiger partial charge is 0.273 e. The average Bonchev–Trinajstić information content (AvgIpc) is 3.02. The molecule has 1 aliphatic rings. The van der Waals surface area contributed by atoms with Crippen molar-refractivity contribution in [2.45, 2.75) is 19.3 Å². The maximum absolute atomic E-state index is 12.8. The quantitative estimate of drug-likeness (QED) is 0.764. The van der Waals surface area contributed by atoms with Gasteiger partial charge in [-0.15, -0.1) is 12.4 Å². The zero-order chi connectivity index (χ0) is 16.9. The van der Waals surface area contributed by atoms with Crippen molar-refractivity contribution in [3.63, 3.8) is 0 Å². The molecule has 0 bridgehead atoms. The number of likely N-dealkylation sites (tertiary alicyclic amines) is 1. The van der Waals surface area contributed by atoms with Crippen LogP contribution in [0, 0.1) is 5.92 Å². The SMILES string of the molecule is CNCCC1CCN(C(=O)c2[nH]nc(-c3ccccc3)c2Br)CC1.Cl. The predicted molar refractivity (Wildman–Crippen MR) is 106 cm³/mol. The maximum atomic E-state index is 12.8. The van der Waals surface area contributed by atoms with Gasteiger partial charge in [0.15, 0.2) is 0 Å². The van der Waals surface area contributed by atoms with E-state index in [9.17, 15) is 4.79 Å². The number of aromatic nitrogens is 2. The minimum Gasteiger partial charge on any atom is -0.337 e. The normalized spacial score (nSPS) is 15.0. The Bertz CT molecular complexity index is 684. The van der Waals surface area contributed by atoms with Crippen LogP contribution in [-0.2, 0) is 0 Å². The molecule has 0 unspecified atom stereocenters. The molecule has 2 N–H and O–H groups in total. The Morgan fingerprint density at radius 3 is 2.64 bits per heavy atom. The lowest BCUT2D eigenvalue weighted by atomic mass is 9.93. The molecule has 25 heavy (non-hydrogen) atoms. The van der Waals surface area contributed by atoms with Gasteiger partial charge in [-0.05, 0) is 54.7 Å². The van der Waals surface area contributed by atoms with Gasteiger partial charge in [0.05, 0.1) is 4.47 Å². The monoisotopic (exact) mass is 426 g/mol. The first kappa shape index (κ1) is 19.9. The molecule has 0 saturated carbocycles. The van der Waals surface area contributed by atoms with Crippen molar-refractivity contribution in [1.29, 1.82) is 0 Å². The van der Waals surface area contributed by atoms with Crippen LogP contribution in [0.3, 0.4) is 0 Å². The van der Waals surface area contributed by atoms with Gasteiger partial charge in [-0.3, -0.25) is 9.89 Å². The highest BCUT2D eigenvalue weighted by molar-refractivity contribution is 9.10. The Balaban J connectivity index is 0.00000225. The molecular weight excluding hydrogens is 404 g/mol. The predicted octanol–water partition coefficient (Wildman–Crippen LogP) is 3.72. The van der Waals surface area contributed by atoms with E-state index in [4.69, 9.17) is 0 Å². The van der Waals surface area contributed by atoms with Gasteiger partial charge in [-0.25, -0.2) is 0 Å². The van der Waals surface area contributed by atoms with Gasteiger partial charge in [-0.2, -0.15) is 5.10 Å². The molecule has 1 amide bonds. The summed E-state index contributed by atoms with van der Waals surface area (Å²) in [5, 5.41) is 10.4. The Kier molecular flexibility index (Phi) is 7.47. The number of hydrogen-bond acceptors (Lipinski definition) is 3. The second-order valence-corrected chi connectivity index (χ2v) is 7.05. The number of carbonyl (C=O) groups excluding carboxylic acids is 1. The molecule has 1 fully saturated rings. The number of piperidine rings is 1. The van der Waals surface area contributed by atoms with E-state index in [0.29, 0.717) is 11.6 Å².